The SMILES string of the molecule is O=C(CCN1CCS(=O)(=O)CC1)Nc1sc2c(c1-c1nc3cnccc3s1)CCNC2. The van der Waals surface area contributed by atoms with Crippen molar-refractivity contribution in [2.75, 3.05) is 43.0 Å². The van der Waals surface area contributed by atoms with Gasteiger partial charge in [0.05, 0.1) is 22.4 Å². The second-order valence-corrected chi connectivity index (χ2v) is 12.2. The maximum atomic E-state index is 12.8. The number of fused-ring (bicyclic) bond motifs is 2. The van der Waals surface area contributed by atoms with Crippen LogP contribution in [0, 0.1) is 0 Å². The molecule has 0 bridgehead atoms. The van der Waals surface area contributed by atoms with E-state index in [-0.39, 0.29) is 17.4 Å². The average Bonchev–Trinajstić information content (AvgIpc) is 3.33. The molecule has 0 atom stereocenters. The number of pyridine rings is 1. The van der Waals surface area contributed by atoms with Crippen molar-refractivity contribution in [2.24, 2.45) is 0 Å². The third-order valence-corrected chi connectivity index (χ3v) is 9.49. The number of carbonyl (C=O) groups excluding carboxylic acids is 1. The number of thiophene rings is 1. The van der Waals surface area contributed by atoms with Gasteiger partial charge in [-0.1, -0.05) is 0 Å². The first-order valence-electron chi connectivity index (χ1n) is 10.3. The maximum Gasteiger partial charge on any atom is 0.226 e. The van der Waals surface area contributed by atoms with Gasteiger partial charge < -0.3 is 15.5 Å². The second kappa shape index (κ2) is 8.55. The highest BCUT2D eigenvalue weighted by atomic mass is 32.2. The molecule has 5 heterocycles. The van der Waals surface area contributed by atoms with Crippen LogP contribution in [-0.4, -0.2) is 66.9 Å². The lowest BCUT2D eigenvalue weighted by molar-refractivity contribution is -0.116. The van der Waals surface area contributed by atoms with Gasteiger partial charge in [0.2, 0.25) is 5.91 Å². The van der Waals surface area contributed by atoms with Gasteiger partial charge in [-0.3, -0.25) is 9.78 Å². The molecule has 1 saturated heterocycles. The van der Waals surface area contributed by atoms with E-state index >= 15 is 0 Å². The van der Waals surface area contributed by atoms with Crippen LogP contribution in [0.5, 0.6) is 0 Å². The zero-order valence-electron chi connectivity index (χ0n) is 16.9. The predicted molar refractivity (Wildman–Crippen MR) is 124 cm³/mol. The molecular formula is C20H23N5O3S3. The Morgan fingerprint density at radius 2 is 2.10 bits per heavy atom. The lowest BCUT2D eigenvalue weighted by Gasteiger charge is -2.26. The molecular weight excluding hydrogens is 454 g/mol. The highest BCUT2D eigenvalue weighted by Crippen LogP contribution is 2.44. The molecule has 0 radical (unpaired) electrons. The number of rotatable bonds is 5. The Morgan fingerprint density at radius 3 is 2.90 bits per heavy atom. The lowest BCUT2D eigenvalue weighted by Crippen LogP contribution is -2.41. The number of sulfone groups is 1. The minimum Gasteiger partial charge on any atom is -0.317 e. The summed E-state index contributed by atoms with van der Waals surface area (Å²) in [6, 6.07) is 1.97. The van der Waals surface area contributed by atoms with Crippen LogP contribution < -0.4 is 10.6 Å². The predicted octanol–water partition coefficient (Wildman–Crippen LogP) is 2.12. The smallest absolute Gasteiger partial charge is 0.226 e. The van der Waals surface area contributed by atoms with Crippen molar-refractivity contribution in [1.29, 1.82) is 0 Å². The molecule has 164 valence electrons. The molecule has 1 fully saturated rings. The van der Waals surface area contributed by atoms with Gasteiger partial charge in [-0.05, 0) is 24.6 Å². The zero-order chi connectivity index (χ0) is 21.4. The number of aromatic nitrogens is 2. The second-order valence-electron chi connectivity index (χ2n) is 7.79. The molecule has 3 aromatic heterocycles. The highest BCUT2D eigenvalue weighted by molar-refractivity contribution is 7.91. The Morgan fingerprint density at radius 1 is 1.26 bits per heavy atom. The van der Waals surface area contributed by atoms with Crippen LogP contribution in [0.4, 0.5) is 5.00 Å². The van der Waals surface area contributed by atoms with Crippen LogP contribution in [0.25, 0.3) is 20.8 Å². The third kappa shape index (κ3) is 4.51. The van der Waals surface area contributed by atoms with Gasteiger partial charge in [-0.2, -0.15) is 0 Å². The summed E-state index contributed by atoms with van der Waals surface area (Å²) >= 11 is 3.24. The van der Waals surface area contributed by atoms with Gasteiger partial charge in [-0.15, -0.1) is 22.7 Å². The van der Waals surface area contributed by atoms with E-state index in [2.05, 4.69) is 15.6 Å². The topological polar surface area (TPSA) is 104 Å². The van der Waals surface area contributed by atoms with Gasteiger partial charge >= 0.3 is 0 Å². The fourth-order valence-corrected chi connectivity index (χ4v) is 7.55. The molecule has 3 aromatic rings. The molecule has 0 spiro atoms. The molecule has 11 heteroatoms. The molecule has 0 unspecified atom stereocenters. The van der Waals surface area contributed by atoms with E-state index < -0.39 is 9.84 Å². The van der Waals surface area contributed by atoms with Crippen molar-refractivity contribution in [1.82, 2.24) is 20.2 Å². The van der Waals surface area contributed by atoms with E-state index in [9.17, 15) is 13.2 Å². The van der Waals surface area contributed by atoms with Gasteiger partial charge in [-0.25, -0.2) is 13.4 Å². The minimum atomic E-state index is -2.91. The molecule has 0 aromatic carbocycles. The summed E-state index contributed by atoms with van der Waals surface area (Å²) in [5.74, 6) is 0.301. The van der Waals surface area contributed by atoms with Crippen molar-refractivity contribution in [3.8, 4) is 10.6 Å². The Labute approximate surface area is 188 Å². The summed E-state index contributed by atoms with van der Waals surface area (Å²) in [4.78, 5) is 25.0. The fraction of sp³-hybridized carbons (Fsp3) is 0.450. The van der Waals surface area contributed by atoms with Crippen LogP contribution in [-0.2, 0) is 27.6 Å². The fourth-order valence-electron chi connectivity index (χ4n) is 3.96. The van der Waals surface area contributed by atoms with Crippen LogP contribution >= 0.6 is 22.7 Å². The molecule has 1 amide bonds. The van der Waals surface area contributed by atoms with Crippen LogP contribution in [0.2, 0.25) is 0 Å². The summed E-state index contributed by atoms with van der Waals surface area (Å²) in [6.07, 6.45) is 4.79. The quantitative estimate of drug-likeness (QED) is 0.580. The molecule has 2 N–H and O–H groups in total. The van der Waals surface area contributed by atoms with Crippen molar-refractivity contribution in [2.45, 2.75) is 19.4 Å². The molecule has 0 aliphatic carbocycles. The molecule has 5 rings (SSSR count). The monoisotopic (exact) mass is 477 g/mol. The Bertz CT molecular complexity index is 1190. The van der Waals surface area contributed by atoms with Gasteiger partial charge in [0, 0.05) is 49.2 Å². The summed E-state index contributed by atoms with van der Waals surface area (Å²) in [5, 5.41) is 8.30. The largest absolute Gasteiger partial charge is 0.317 e. The number of thiazole rings is 1. The van der Waals surface area contributed by atoms with Crippen LogP contribution in [0.1, 0.15) is 16.9 Å². The first-order chi connectivity index (χ1) is 15.0. The number of nitrogens with one attached hydrogen (secondary N) is 2. The van der Waals surface area contributed by atoms with Gasteiger partial charge in [0.25, 0.3) is 0 Å². The number of amides is 1. The van der Waals surface area contributed by atoms with Crippen molar-refractivity contribution < 1.29 is 13.2 Å². The van der Waals surface area contributed by atoms with Crippen molar-refractivity contribution in [3.63, 3.8) is 0 Å². The standard InChI is InChI=1S/C20H23N5O3S3/c26-17(3-6-25-7-9-31(27,28)10-8-25)24-20-18(13-1-4-22-12-16(13)30-20)19-23-14-11-21-5-2-15(14)29-19/h2,5,11,22H,1,3-4,6-10,12H2,(H,24,26). The van der Waals surface area contributed by atoms with Crippen molar-refractivity contribution >= 4 is 53.6 Å². The summed E-state index contributed by atoms with van der Waals surface area (Å²) in [7, 11) is -2.91. The minimum absolute atomic E-state index is 0.0518. The van der Waals surface area contributed by atoms with E-state index in [4.69, 9.17) is 4.98 Å². The molecule has 0 saturated carbocycles. The van der Waals surface area contributed by atoms with E-state index in [1.165, 1.54) is 10.4 Å². The summed E-state index contributed by atoms with van der Waals surface area (Å²) < 4.78 is 24.3. The van der Waals surface area contributed by atoms with Gasteiger partial charge in [0.15, 0.2) is 9.84 Å². The lowest BCUT2D eigenvalue weighted by atomic mass is 10.0. The zero-order valence-corrected chi connectivity index (χ0v) is 19.3. The van der Waals surface area contributed by atoms with E-state index in [0.717, 1.165) is 45.3 Å². The number of hydrogen-bond donors (Lipinski definition) is 2. The normalized spacial score (nSPS) is 18.7. The summed E-state index contributed by atoms with van der Waals surface area (Å²) in [6.45, 7) is 3.28. The van der Waals surface area contributed by atoms with E-state index in [0.29, 0.717) is 26.1 Å². The Kier molecular flexibility index (Phi) is 5.78. The number of nitrogens with zero attached hydrogens (tertiary/aromatic N) is 3. The van der Waals surface area contributed by atoms with E-state index in [1.807, 2.05) is 11.0 Å². The molecule has 2 aliphatic rings. The Balaban J connectivity index is 1.35. The number of hydrogen-bond acceptors (Lipinski definition) is 9. The Hall–Kier alpha value is -1.92. The first kappa shape index (κ1) is 21.0. The average molecular weight is 478 g/mol. The molecule has 2 aliphatic heterocycles. The first-order valence-corrected chi connectivity index (χ1v) is 13.7. The summed E-state index contributed by atoms with van der Waals surface area (Å²) in [5.41, 5.74) is 3.18. The maximum absolute atomic E-state index is 12.8. The van der Waals surface area contributed by atoms with E-state index in [1.54, 1.807) is 35.1 Å². The van der Waals surface area contributed by atoms with Crippen LogP contribution in [0.3, 0.4) is 0 Å². The number of carbonyl (C=O) groups is 1. The molecule has 31 heavy (non-hydrogen) atoms. The highest BCUT2D eigenvalue weighted by Gasteiger charge is 2.26. The third-order valence-electron chi connectivity index (χ3n) is 5.68. The molecule has 8 nitrogen and oxygen atoms in total. The van der Waals surface area contributed by atoms with Crippen LogP contribution in [0.15, 0.2) is 18.5 Å². The van der Waals surface area contributed by atoms with Crippen molar-refractivity contribution in [3.05, 3.63) is 28.9 Å². The van der Waals surface area contributed by atoms with Gasteiger partial charge in [0.1, 0.15) is 15.5 Å². The number of anilines is 1.